The summed E-state index contributed by atoms with van der Waals surface area (Å²) in [6.45, 7) is 0.318. The molecule has 0 saturated heterocycles. The van der Waals surface area contributed by atoms with E-state index in [4.69, 9.17) is 16.0 Å². The van der Waals surface area contributed by atoms with Gasteiger partial charge in [0, 0.05) is 0 Å². The number of nitrogens with one attached hydrogen (secondary N) is 1. The van der Waals surface area contributed by atoms with E-state index in [1.165, 1.54) is 12.3 Å². The molecule has 2 nitrogen and oxygen atoms in total. The van der Waals surface area contributed by atoms with Gasteiger partial charge < -0.3 is 9.73 Å². The Hall–Kier alpha value is -1.14. The predicted molar refractivity (Wildman–Crippen MR) is 70.2 cm³/mol. The Morgan fingerprint density at radius 1 is 1.26 bits per heavy atom. The molecule has 0 aliphatic rings. The van der Waals surface area contributed by atoms with E-state index in [0.29, 0.717) is 18.0 Å². The Labute approximate surface area is 120 Å². The molecule has 2 aromatic rings. The molecule has 0 saturated carbocycles. The van der Waals surface area contributed by atoms with Crippen LogP contribution < -0.4 is 5.32 Å². The summed E-state index contributed by atoms with van der Waals surface area (Å²) in [5, 5.41) is 2.92. The largest absolute Gasteiger partial charge is 0.466 e. The third-order valence-corrected chi connectivity index (χ3v) is 3.45. The Morgan fingerprint density at radius 2 is 2.00 bits per heavy atom. The van der Waals surface area contributed by atoms with E-state index in [1.807, 2.05) is 0 Å². The smallest absolute Gasteiger partial charge is 0.416 e. The first-order chi connectivity index (χ1) is 8.88. The van der Waals surface area contributed by atoms with E-state index >= 15 is 0 Å². The maximum absolute atomic E-state index is 12.5. The molecule has 0 fully saturated rings. The van der Waals surface area contributed by atoms with Crippen molar-refractivity contribution < 1.29 is 17.6 Å². The predicted octanol–water partition coefficient (Wildman–Crippen LogP) is 5.33. The Bertz CT molecular complexity index is 583. The highest BCUT2D eigenvalue weighted by atomic mass is 79.9. The van der Waals surface area contributed by atoms with Crippen LogP contribution in [0.1, 0.15) is 11.3 Å². The number of anilines is 1. The number of benzene rings is 1. The minimum absolute atomic E-state index is 0.0116. The molecule has 1 N–H and O–H groups in total. The summed E-state index contributed by atoms with van der Waals surface area (Å²) in [7, 11) is 0. The molecule has 0 bridgehead atoms. The average Bonchev–Trinajstić information content (AvgIpc) is 2.72. The molecule has 0 aliphatic heterocycles. The van der Waals surface area contributed by atoms with Gasteiger partial charge in [0.15, 0.2) is 0 Å². The molecule has 0 unspecified atom stereocenters. The van der Waals surface area contributed by atoms with Crippen LogP contribution in [-0.2, 0) is 12.7 Å². The zero-order valence-electron chi connectivity index (χ0n) is 9.39. The second-order valence-electron chi connectivity index (χ2n) is 3.74. The van der Waals surface area contributed by atoms with Crippen LogP contribution in [-0.4, -0.2) is 0 Å². The molecular weight excluding hydrogens is 346 g/mol. The second-order valence-corrected chi connectivity index (χ2v) is 5.00. The highest BCUT2D eigenvalue weighted by Gasteiger charge is 2.30. The minimum atomic E-state index is -4.40. The SMILES string of the molecule is FC(F)(F)c1ccc(NCc2occc2Br)c(Cl)c1. The van der Waals surface area contributed by atoms with Crippen molar-refractivity contribution in [1.82, 2.24) is 0 Å². The Morgan fingerprint density at radius 3 is 2.53 bits per heavy atom. The van der Waals surface area contributed by atoms with E-state index in [2.05, 4.69) is 21.2 Å². The summed E-state index contributed by atoms with van der Waals surface area (Å²) >= 11 is 9.09. The topological polar surface area (TPSA) is 25.2 Å². The second kappa shape index (κ2) is 5.46. The van der Waals surface area contributed by atoms with Crippen LogP contribution in [0.2, 0.25) is 5.02 Å². The summed E-state index contributed by atoms with van der Waals surface area (Å²) in [6.07, 6.45) is -2.89. The molecule has 19 heavy (non-hydrogen) atoms. The number of alkyl halides is 3. The fourth-order valence-electron chi connectivity index (χ4n) is 1.46. The van der Waals surface area contributed by atoms with Crippen molar-refractivity contribution in [2.24, 2.45) is 0 Å². The van der Waals surface area contributed by atoms with Gasteiger partial charge in [-0.2, -0.15) is 13.2 Å². The number of furan rings is 1. The fraction of sp³-hybridized carbons (Fsp3) is 0.167. The van der Waals surface area contributed by atoms with Gasteiger partial charge >= 0.3 is 6.18 Å². The zero-order valence-corrected chi connectivity index (χ0v) is 11.7. The fourth-order valence-corrected chi connectivity index (χ4v) is 2.05. The molecule has 7 heteroatoms. The summed E-state index contributed by atoms with van der Waals surface area (Å²) in [5.74, 6) is 0.635. The summed E-state index contributed by atoms with van der Waals surface area (Å²) in [5.41, 5.74) is -0.361. The molecule has 0 spiro atoms. The van der Waals surface area contributed by atoms with Crippen molar-refractivity contribution in [1.29, 1.82) is 0 Å². The van der Waals surface area contributed by atoms with Crippen molar-refractivity contribution in [3.8, 4) is 0 Å². The van der Waals surface area contributed by atoms with Gasteiger partial charge in [-0.15, -0.1) is 0 Å². The normalized spacial score (nSPS) is 11.6. The molecule has 1 heterocycles. The standard InChI is InChI=1S/C12H8BrClF3NO/c13-8-3-4-19-11(8)6-18-10-2-1-7(5-9(10)14)12(15,16)17/h1-5,18H,6H2. The molecule has 2 rings (SSSR count). The van der Waals surface area contributed by atoms with Crippen molar-refractivity contribution in [2.75, 3.05) is 5.32 Å². The van der Waals surface area contributed by atoms with E-state index in [9.17, 15) is 13.2 Å². The van der Waals surface area contributed by atoms with Gasteiger partial charge in [-0.3, -0.25) is 0 Å². The monoisotopic (exact) mass is 353 g/mol. The molecule has 1 aromatic heterocycles. The van der Waals surface area contributed by atoms with Gasteiger partial charge in [-0.1, -0.05) is 11.6 Å². The van der Waals surface area contributed by atoms with E-state index in [0.717, 1.165) is 16.6 Å². The van der Waals surface area contributed by atoms with E-state index in [1.54, 1.807) is 6.07 Å². The van der Waals surface area contributed by atoms with Crippen LogP contribution in [0.25, 0.3) is 0 Å². The summed E-state index contributed by atoms with van der Waals surface area (Å²) in [6, 6.07) is 4.89. The van der Waals surface area contributed by atoms with Crippen LogP contribution in [0.3, 0.4) is 0 Å². The molecule has 0 atom stereocenters. The highest BCUT2D eigenvalue weighted by Crippen LogP contribution is 2.34. The van der Waals surface area contributed by atoms with Crippen LogP contribution in [0.4, 0.5) is 18.9 Å². The van der Waals surface area contributed by atoms with Crippen LogP contribution >= 0.6 is 27.5 Å². The van der Waals surface area contributed by atoms with E-state index < -0.39 is 11.7 Å². The first kappa shape index (κ1) is 14.3. The van der Waals surface area contributed by atoms with Gasteiger partial charge in [0.05, 0.1) is 33.6 Å². The van der Waals surface area contributed by atoms with Gasteiger partial charge in [0.25, 0.3) is 0 Å². The highest BCUT2D eigenvalue weighted by molar-refractivity contribution is 9.10. The maximum atomic E-state index is 12.5. The lowest BCUT2D eigenvalue weighted by Crippen LogP contribution is -2.06. The van der Waals surface area contributed by atoms with Gasteiger partial charge in [-0.25, -0.2) is 0 Å². The molecular formula is C12H8BrClF3NO. The molecule has 1 aromatic carbocycles. The Balaban J connectivity index is 2.12. The molecule has 0 amide bonds. The lowest BCUT2D eigenvalue weighted by atomic mass is 10.2. The first-order valence-electron chi connectivity index (χ1n) is 5.20. The minimum Gasteiger partial charge on any atom is -0.466 e. The molecule has 0 aliphatic carbocycles. The van der Waals surface area contributed by atoms with E-state index in [-0.39, 0.29) is 5.02 Å². The first-order valence-corrected chi connectivity index (χ1v) is 6.37. The Kier molecular flexibility index (Phi) is 4.10. The molecule has 102 valence electrons. The van der Waals surface area contributed by atoms with Crippen LogP contribution in [0, 0.1) is 0 Å². The summed E-state index contributed by atoms with van der Waals surface area (Å²) in [4.78, 5) is 0. The lowest BCUT2D eigenvalue weighted by Gasteiger charge is -2.11. The number of halogens is 5. The average molecular weight is 355 g/mol. The van der Waals surface area contributed by atoms with Crippen molar-refractivity contribution in [3.63, 3.8) is 0 Å². The van der Waals surface area contributed by atoms with Gasteiger partial charge in [-0.05, 0) is 40.2 Å². The number of hydrogen-bond acceptors (Lipinski definition) is 2. The van der Waals surface area contributed by atoms with Crippen molar-refractivity contribution in [3.05, 3.63) is 51.3 Å². The molecule has 0 radical (unpaired) electrons. The van der Waals surface area contributed by atoms with Gasteiger partial charge in [0.2, 0.25) is 0 Å². The van der Waals surface area contributed by atoms with Crippen LogP contribution in [0.15, 0.2) is 39.4 Å². The summed E-state index contributed by atoms with van der Waals surface area (Å²) < 4.78 is 43.3. The zero-order chi connectivity index (χ0) is 14.0. The van der Waals surface area contributed by atoms with Crippen molar-refractivity contribution >= 4 is 33.2 Å². The number of rotatable bonds is 3. The lowest BCUT2D eigenvalue weighted by molar-refractivity contribution is -0.137. The quantitative estimate of drug-likeness (QED) is 0.806. The van der Waals surface area contributed by atoms with Crippen LogP contribution in [0.5, 0.6) is 0 Å². The van der Waals surface area contributed by atoms with Crippen molar-refractivity contribution in [2.45, 2.75) is 12.7 Å². The third-order valence-electron chi connectivity index (χ3n) is 2.43. The third kappa shape index (κ3) is 3.45. The maximum Gasteiger partial charge on any atom is 0.416 e. The number of hydrogen-bond donors (Lipinski definition) is 1. The van der Waals surface area contributed by atoms with Gasteiger partial charge in [0.1, 0.15) is 5.76 Å².